The van der Waals surface area contributed by atoms with E-state index in [1.165, 1.54) is 24.0 Å². The Morgan fingerprint density at radius 1 is 0.925 bits per heavy atom. The van der Waals surface area contributed by atoms with Gasteiger partial charge in [0.2, 0.25) is 0 Å². The van der Waals surface area contributed by atoms with Crippen molar-refractivity contribution in [3.8, 4) is 11.1 Å². The first-order chi connectivity index (χ1) is 19.3. The predicted octanol–water partition coefficient (Wildman–Crippen LogP) is 9.02. The number of aliphatic hydroxyl groups is 2. The quantitative estimate of drug-likeness (QED) is 0.168. The van der Waals surface area contributed by atoms with Crippen LogP contribution in [0.25, 0.3) is 16.9 Å². The second-order valence-corrected chi connectivity index (χ2v) is 9.48. The minimum absolute atomic E-state index is 0.191. The number of hydrogen-bond acceptors (Lipinski definition) is 4. The number of rotatable bonds is 8. The first kappa shape index (κ1) is 34.2. The standard InChI is InChI=1S/C29H30FNO.C2H7N.C2H4O.C2H6/c1-20(2)29(15-16-29)27-13-11-25(12-14-27)24-7-9-26(10-8-24)28(32)21(3)31-19-23-6-4-5-22(17-23)18-30;1-3-2;1-2-3;1-2/h4-14,17,31-32H,1,15-16,18-19H2,2-3H3;3H,1-2H3;2-3H,1H2;1-2H3/b28-21+;;;. The van der Waals surface area contributed by atoms with Gasteiger partial charge in [0.1, 0.15) is 12.4 Å². The van der Waals surface area contributed by atoms with Crippen molar-refractivity contribution >= 4 is 5.76 Å². The monoisotopic (exact) mass is 546 g/mol. The first-order valence-corrected chi connectivity index (χ1v) is 13.7. The molecule has 1 aliphatic carbocycles. The molecule has 0 saturated heterocycles. The molecule has 216 valence electrons. The molecule has 5 heteroatoms. The van der Waals surface area contributed by atoms with E-state index in [0.717, 1.165) is 28.5 Å². The van der Waals surface area contributed by atoms with Crippen molar-refractivity contribution in [2.45, 2.75) is 59.2 Å². The van der Waals surface area contributed by atoms with Gasteiger partial charge in [0.25, 0.3) is 0 Å². The van der Waals surface area contributed by atoms with Crippen LogP contribution in [0.4, 0.5) is 4.39 Å². The van der Waals surface area contributed by atoms with E-state index < -0.39 is 6.67 Å². The number of aliphatic hydroxyl groups excluding tert-OH is 2. The van der Waals surface area contributed by atoms with Crippen molar-refractivity contribution in [2.75, 3.05) is 14.1 Å². The predicted molar refractivity (Wildman–Crippen MR) is 170 cm³/mol. The lowest BCUT2D eigenvalue weighted by Crippen LogP contribution is -2.12. The lowest BCUT2D eigenvalue weighted by Gasteiger charge is -2.16. The van der Waals surface area contributed by atoms with Crippen LogP contribution >= 0.6 is 0 Å². The summed E-state index contributed by atoms with van der Waals surface area (Å²) >= 11 is 0. The van der Waals surface area contributed by atoms with Crippen LogP contribution in [0.15, 0.2) is 103 Å². The summed E-state index contributed by atoms with van der Waals surface area (Å²) in [5.41, 5.74) is 8.13. The molecule has 0 unspecified atom stereocenters. The van der Waals surface area contributed by atoms with Crippen LogP contribution in [0.5, 0.6) is 0 Å². The Morgan fingerprint density at radius 2 is 1.40 bits per heavy atom. The fourth-order valence-corrected chi connectivity index (χ4v) is 4.25. The topological polar surface area (TPSA) is 64.5 Å². The summed E-state index contributed by atoms with van der Waals surface area (Å²) in [5, 5.41) is 24.0. The zero-order chi connectivity index (χ0) is 30.1. The lowest BCUT2D eigenvalue weighted by atomic mass is 9.88. The van der Waals surface area contributed by atoms with Gasteiger partial charge in [-0.3, -0.25) is 0 Å². The number of nitrogens with one attached hydrogen (secondary N) is 2. The van der Waals surface area contributed by atoms with E-state index in [4.69, 9.17) is 5.11 Å². The van der Waals surface area contributed by atoms with Gasteiger partial charge in [-0.25, -0.2) is 4.39 Å². The van der Waals surface area contributed by atoms with Crippen LogP contribution in [-0.2, 0) is 18.6 Å². The molecule has 0 aliphatic heterocycles. The van der Waals surface area contributed by atoms with E-state index in [0.29, 0.717) is 17.8 Å². The molecule has 0 aromatic heterocycles. The average Bonchev–Trinajstić information content (AvgIpc) is 3.80. The summed E-state index contributed by atoms with van der Waals surface area (Å²) in [4.78, 5) is 0. The van der Waals surface area contributed by atoms with E-state index in [9.17, 15) is 9.50 Å². The molecule has 0 radical (unpaired) electrons. The molecule has 1 aliphatic rings. The Bertz CT molecular complexity index is 1210. The van der Waals surface area contributed by atoms with E-state index in [1.807, 2.05) is 77.3 Å². The van der Waals surface area contributed by atoms with Crippen LogP contribution in [0.3, 0.4) is 0 Å². The highest BCUT2D eigenvalue weighted by atomic mass is 19.1. The molecule has 4 N–H and O–H groups in total. The summed E-state index contributed by atoms with van der Waals surface area (Å²) < 4.78 is 12.8. The maximum absolute atomic E-state index is 12.8. The van der Waals surface area contributed by atoms with Crippen molar-refractivity contribution in [1.82, 2.24) is 10.6 Å². The van der Waals surface area contributed by atoms with Crippen LogP contribution in [-0.4, -0.2) is 24.3 Å². The van der Waals surface area contributed by atoms with Gasteiger partial charge in [0, 0.05) is 17.5 Å². The zero-order valence-electron chi connectivity index (χ0n) is 25.0. The molecule has 40 heavy (non-hydrogen) atoms. The fraction of sp³-hybridized carbons (Fsp3) is 0.314. The van der Waals surface area contributed by atoms with Gasteiger partial charge in [-0.15, -0.1) is 0 Å². The molecule has 1 saturated carbocycles. The van der Waals surface area contributed by atoms with Crippen molar-refractivity contribution in [3.05, 3.63) is 126 Å². The van der Waals surface area contributed by atoms with Crippen LogP contribution < -0.4 is 10.6 Å². The molecule has 3 aromatic rings. The van der Waals surface area contributed by atoms with Crippen molar-refractivity contribution in [2.24, 2.45) is 0 Å². The second kappa shape index (κ2) is 17.7. The van der Waals surface area contributed by atoms with Crippen LogP contribution in [0.1, 0.15) is 62.8 Å². The number of alkyl halides is 1. The number of benzene rings is 3. The van der Waals surface area contributed by atoms with E-state index >= 15 is 0 Å². The van der Waals surface area contributed by atoms with Gasteiger partial charge >= 0.3 is 0 Å². The van der Waals surface area contributed by atoms with Crippen molar-refractivity contribution in [1.29, 1.82) is 0 Å². The highest BCUT2D eigenvalue weighted by Gasteiger charge is 2.44. The third-order valence-electron chi connectivity index (χ3n) is 6.55. The molecule has 3 aromatic carbocycles. The smallest absolute Gasteiger partial charge is 0.141 e. The van der Waals surface area contributed by atoms with E-state index in [2.05, 4.69) is 55.0 Å². The van der Waals surface area contributed by atoms with Gasteiger partial charge in [0.15, 0.2) is 0 Å². The Labute approximate surface area is 241 Å². The molecular weight excluding hydrogens is 499 g/mol. The first-order valence-electron chi connectivity index (χ1n) is 13.7. The van der Waals surface area contributed by atoms with Gasteiger partial charge in [-0.05, 0) is 68.6 Å². The van der Waals surface area contributed by atoms with Gasteiger partial charge < -0.3 is 20.8 Å². The molecule has 1 fully saturated rings. The molecule has 4 rings (SSSR count). The summed E-state index contributed by atoms with van der Waals surface area (Å²) in [7, 11) is 3.75. The molecule has 4 nitrogen and oxygen atoms in total. The average molecular weight is 547 g/mol. The molecule has 0 amide bonds. The van der Waals surface area contributed by atoms with E-state index in [-0.39, 0.29) is 11.2 Å². The molecule has 0 bridgehead atoms. The minimum Gasteiger partial charge on any atom is -0.516 e. The summed E-state index contributed by atoms with van der Waals surface area (Å²) in [6, 6.07) is 24.1. The minimum atomic E-state index is -0.474. The maximum atomic E-state index is 12.8. The fourth-order valence-electron chi connectivity index (χ4n) is 4.25. The molecule has 0 heterocycles. The highest BCUT2D eigenvalue weighted by molar-refractivity contribution is 5.69. The summed E-state index contributed by atoms with van der Waals surface area (Å²) in [5.74, 6) is 0.214. The Balaban J connectivity index is 0.000000902. The van der Waals surface area contributed by atoms with Gasteiger partial charge in [-0.1, -0.05) is 105 Å². The Kier molecular flexibility index (Phi) is 15.1. The molecule has 0 spiro atoms. The number of allylic oxidation sites excluding steroid dienone is 2. The second-order valence-electron chi connectivity index (χ2n) is 9.48. The SMILES string of the molecule is C=C(C)C1(c2ccc(-c3ccc(/C(O)=C(/C)NCc4cccc(CF)c4)cc3)cc2)CC1.C=CO.CC.CNC. The molecular formula is C35H47FN2O2. The third kappa shape index (κ3) is 9.73. The highest BCUT2D eigenvalue weighted by Crippen LogP contribution is 2.53. The molecule has 0 atom stereocenters. The van der Waals surface area contributed by atoms with E-state index in [1.54, 1.807) is 6.07 Å². The third-order valence-corrected chi connectivity index (χ3v) is 6.55. The normalized spacial score (nSPS) is 13.0. The van der Waals surface area contributed by atoms with Crippen molar-refractivity contribution < 1.29 is 14.6 Å². The summed E-state index contributed by atoms with van der Waals surface area (Å²) in [6.45, 7) is 15.1. The van der Waals surface area contributed by atoms with Gasteiger partial charge in [-0.2, -0.15) is 0 Å². The maximum Gasteiger partial charge on any atom is 0.141 e. The van der Waals surface area contributed by atoms with Crippen LogP contribution in [0.2, 0.25) is 0 Å². The largest absolute Gasteiger partial charge is 0.516 e. The van der Waals surface area contributed by atoms with Crippen molar-refractivity contribution in [3.63, 3.8) is 0 Å². The van der Waals surface area contributed by atoms with Gasteiger partial charge in [0.05, 0.1) is 12.0 Å². The Hall–Kier alpha value is -3.83. The number of hydrogen-bond donors (Lipinski definition) is 4. The summed E-state index contributed by atoms with van der Waals surface area (Å²) in [6.07, 6.45) is 3.13. The van der Waals surface area contributed by atoms with Crippen LogP contribution in [0, 0.1) is 0 Å². The lowest BCUT2D eigenvalue weighted by molar-refractivity contribution is 0.476. The Morgan fingerprint density at radius 3 is 1.85 bits per heavy atom. The zero-order valence-corrected chi connectivity index (χ0v) is 25.0. The number of halogens is 1.